The predicted molar refractivity (Wildman–Crippen MR) is 94.9 cm³/mol. The van der Waals surface area contributed by atoms with Gasteiger partial charge in [0.05, 0.1) is 3.79 Å². The molecule has 0 radical (unpaired) electrons. The van der Waals surface area contributed by atoms with Crippen LogP contribution >= 0.6 is 27.3 Å². The Morgan fingerprint density at radius 2 is 2.05 bits per heavy atom. The second-order valence-electron chi connectivity index (χ2n) is 7.11. The van der Waals surface area contributed by atoms with Crippen LogP contribution in [-0.4, -0.2) is 29.1 Å². The molecule has 1 unspecified atom stereocenters. The van der Waals surface area contributed by atoms with Gasteiger partial charge < -0.3 is 5.32 Å². The summed E-state index contributed by atoms with van der Waals surface area (Å²) in [6.07, 6.45) is 8.15. The van der Waals surface area contributed by atoms with E-state index in [2.05, 4.69) is 52.1 Å². The molecular formula is C17H27BrN2S. The van der Waals surface area contributed by atoms with Gasteiger partial charge in [-0.1, -0.05) is 26.2 Å². The van der Waals surface area contributed by atoms with Gasteiger partial charge in [0.15, 0.2) is 0 Å². The van der Waals surface area contributed by atoms with Gasteiger partial charge in [0.1, 0.15) is 0 Å². The van der Waals surface area contributed by atoms with Crippen LogP contribution in [0.2, 0.25) is 0 Å². The lowest BCUT2D eigenvalue weighted by Crippen LogP contribution is -2.69. The summed E-state index contributed by atoms with van der Waals surface area (Å²) in [5, 5.41) is 3.95. The molecule has 1 atom stereocenters. The summed E-state index contributed by atoms with van der Waals surface area (Å²) in [6, 6.07) is 4.46. The molecule has 1 saturated heterocycles. The number of rotatable bonds is 3. The maximum atomic E-state index is 3.95. The fourth-order valence-electron chi connectivity index (χ4n) is 3.89. The molecule has 118 valence electrons. The molecule has 1 N–H and O–H groups in total. The number of hydrogen-bond acceptors (Lipinski definition) is 3. The molecule has 2 fully saturated rings. The molecule has 1 saturated carbocycles. The Kier molecular flexibility index (Phi) is 4.80. The van der Waals surface area contributed by atoms with Crippen LogP contribution in [0.25, 0.3) is 0 Å². The minimum atomic E-state index is 0.291. The number of piperazine rings is 1. The third-order valence-electron chi connectivity index (χ3n) is 5.65. The molecule has 1 aromatic heterocycles. The maximum absolute atomic E-state index is 3.95. The molecule has 0 aromatic carbocycles. The van der Waals surface area contributed by atoms with E-state index in [1.165, 1.54) is 53.7 Å². The number of hydrogen-bond donors (Lipinski definition) is 1. The first kappa shape index (κ1) is 16.0. The summed E-state index contributed by atoms with van der Waals surface area (Å²) in [4.78, 5) is 4.24. The Morgan fingerprint density at radius 3 is 2.67 bits per heavy atom. The molecule has 4 heteroatoms. The number of thiophene rings is 1. The van der Waals surface area contributed by atoms with E-state index in [0.717, 1.165) is 13.1 Å². The van der Waals surface area contributed by atoms with E-state index in [0.29, 0.717) is 11.1 Å². The van der Waals surface area contributed by atoms with Crippen molar-refractivity contribution in [2.75, 3.05) is 13.1 Å². The second kappa shape index (κ2) is 6.31. The summed E-state index contributed by atoms with van der Waals surface area (Å²) in [5.74, 6) is 0. The zero-order chi connectivity index (χ0) is 14.9. The van der Waals surface area contributed by atoms with Crippen LogP contribution in [0.4, 0.5) is 0 Å². The zero-order valence-corrected chi connectivity index (χ0v) is 15.7. The highest BCUT2D eigenvalue weighted by Crippen LogP contribution is 2.37. The molecule has 2 aliphatic rings. The van der Waals surface area contributed by atoms with E-state index < -0.39 is 0 Å². The first-order chi connectivity index (χ1) is 10.1. The first-order valence-corrected chi connectivity index (χ1v) is 9.91. The molecule has 1 aromatic rings. The van der Waals surface area contributed by atoms with Crippen molar-refractivity contribution in [2.24, 2.45) is 0 Å². The molecule has 0 bridgehead atoms. The lowest BCUT2D eigenvalue weighted by molar-refractivity contribution is -0.00671. The summed E-state index contributed by atoms with van der Waals surface area (Å²) < 4.78 is 1.25. The molecule has 0 amide bonds. The Balaban J connectivity index is 1.78. The van der Waals surface area contributed by atoms with Crippen molar-refractivity contribution < 1.29 is 0 Å². The van der Waals surface area contributed by atoms with Crippen molar-refractivity contribution in [3.63, 3.8) is 0 Å². The quantitative estimate of drug-likeness (QED) is 0.822. The predicted octanol–water partition coefficient (Wildman–Crippen LogP) is 4.79. The van der Waals surface area contributed by atoms with E-state index in [4.69, 9.17) is 0 Å². The third-order valence-corrected chi connectivity index (χ3v) is 7.26. The van der Waals surface area contributed by atoms with Gasteiger partial charge in [-0.25, -0.2) is 0 Å². The van der Waals surface area contributed by atoms with Gasteiger partial charge in [-0.05, 0) is 54.2 Å². The van der Waals surface area contributed by atoms with Crippen LogP contribution in [0.5, 0.6) is 0 Å². The minimum Gasteiger partial charge on any atom is -0.308 e. The number of nitrogens with zero attached hydrogens (tertiary/aromatic N) is 1. The lowest BCUT2D eigenvalue weighted by Gasteiger charge is -2.54. The van der Waals surface area contributed by atoms with E-state index in [1.54, 1.807) is 0 Å². The maximum Gasteiger partial charge on any atom is 0.0701 e. The standard InChI is InChI=1S/C17H27BrN2S/c1-3-16(2)12-19-17(9-5-4-6-10-17)13-20(16)11-14-7-8-15(18)21-14/h7-8,19H,3-6,9-13H2,1-2H3. The highest BCUT2D eigenvalue weighted by molar-refractivity contribution is 9.11. The monoisotopic (exact) mass is 370 g/mol. The van der Waals surface area contributed by atoms with Gasteiger partial charge in [0.25, 0.3) is 0 Å². The molecule has 3 rings (SSSR count). The SMILES string of the molecule is CCC1(C)CNC2(CCCCC2)CN1Cc1ccc(Br)s1. The third kappa shape index (κ3) is 3.39. The molecule has 21 heavy (non-hydrogen) atoms. The van der Waals surface area contributed by atoms with Gasteiger partial charge in [0, 0.05) is 35.6 Å². The van der Waals surface area contributed by atoms with Crippen LogP contribution in [0.3, 0.4) is 0 Å². The lowest BCUT2D eigenvalue weighted by atomic mass is 9.77. The van der Waals surface area contributed by atoms with Gasteiger partial charge in [0.2, 0.25) is 0 Å². The summed E-state index contributed by atoms with van der Waals surface area (Å²) >= 11 is 5.48. The Hall–Kier alpha value is 0.1000. The van der Waals surface area contributed by atoms with E-state index in [-0.39, 0.29) is 0 Å². The first-order valence-electron chi connectivity index (χ1n) is 8.30. The summed E-state index contributed by atoms with van der Waals surface area (Å²) in [5.41, 5.74) is 0.681. The van der Waals surface area contributed by atoms with Gasteiger partial charge in [-0.2, -0.15) is 0 Å². The molecular weight excluding hydrogens is 344 g/mol. The highest BCUT2D eigenvalue weighted by Gasteiger charge is 2.44. The zero-order valence-electron chi connectivity index (χ0n) is 13.3. The molecule has 1 spiro atoms. The van der Waals surface area contributed by atoms with Crippen molar-refractivity contribution in [1.82, 2.24) is 10.2 Å². The van der Waals surface area contributed by atoms with Crippen LogP contribution in [0.1, 0.15) is 57.2 Å². The van der Waals surface area contributed by atoms with Gasteiger partial charge >= 0.3 is 0 Å². The van der Waals surface area contributed by atoms with Crippen molar-refractivity contribution in [3.05, 3.63) is 20.8 Å². The van der Waals surface area contributed by atoms with E-state index in [1.807, 2.05) is 11.3 Å². The van der Waals surface area contributed by atoms with Crippen LogP contribution in [0.15, 0.2) is 15.9 Å². The van der Waals surface area contributed by atoms with Crippen LogP contribution in [0, 0.1) is 0 Å². The average Bonchev–Trinajstić information content (AvgIpc) is 2.90. The van der Waals surface area contributed by atoms with Crippen LogP contribution in [-0.2, 0) is 6.54 Å². The average molecular weight is 371 g/mol. The van der Waals surface area contributed by atoms with E-state index >= 15 is 0 Å². The fourth-order valence-corrected chi connectivity index (χ4v) is 5.38. The Morgan fingerprint density at radius 1 is 1.29 bits per heavy atom. The fraction of sp³-hybridized carbons (Fsp3) is 0.765. The smallest absolute Gasteiger partial charge is 0.0701 e. The Bertz CT molecular complexity index is 481. The van der Waals surface area contributed by atoms with Crippen molar-refractivity contribution in [2.45, 2.75) is 70.0 Å². The minimum absolute atomic E-state index is 0.291. The molecule has 2 nitrogen and oxygen atoms in total. The summed E-state index contributed by atoms with van der Waals surface area (Å²) in [7, 11) is 0. The largest absolute Gasteiger partial charge is 0.308 e. The number of halogens is 1. The number of nitrogens with one attached hydrogen (secondary N) is 1. The van der Waals surface area contributed by atoms with Crippen molar-refractivity contribution >= 4 is 27.3 Å². The van der Waals surface area contributed by atoms with E-state index in [9.17, 15) is 0 Å². The van der Waals surface area contributed by atoms with Crippen molar-refractivity contribution in [1.29, 1.82) is 0 Å². The van der Waals surface area contributed by atoms with Crippen molar-refractivity contribution in [3.8, 4) is 0 Å². The molecule has 2 heterocycles. The normalized spacial score (nSPS) is 29.9. The topological polar surface area (TPSA) is 15.3 Å². The van der Waals surface area contributed by atoms with Gasteiger partial charge in [-0.15, -0.1) is 11.3 Å². The summed E-state index contributed by atoms with van der Waals surface area (Å²) in [6.45, 7) is 8.21. The molecule has 1 aliphatic carbocycles. The van der Waals surface area contributed by atoms with Gasteiger partial charge in [-0.3, -0.25) is 4.90 Å². The highest BCUT2D eigenvalue weighted by atomic mass is 79.9. The van der Waals surface area contributed by atoms with Crippen LogP contribution < -0.4 is 5.32 Å². The molecule has 1 aliphatic heterocycles. The second-order valence-corrected chi connectivity index (χ2v) is 9.65. The Labute approximate surface area is 141 Å².